The SMILES string of the molecule is CC(O)C1C(=O)NC1C(C)C(=O)C(=N)C(=O)O. The Kier molecular flexibility index (Phi) is 3.62. The van der Waals surface area contributed by atoms with E-state index in [-0.39, 0.29) is 5.91 Å². The molecule has 0 aromatic rings. The monoisotopic (exact) mass is 242 g/mol. The molecule has 1 aliphatic heterocycles. The lowest BCUT2D eigenvalue weighted by atomic mass is 9.76. The van der Waals surface area contributed by atoms with Crippen molar-refractivity contribution in [2.45, 2.75) is 26.0 Å². The summed E-state index contributed by atoms with van der Waals surface area (Å²) in [6.45, 7) is 2.86. The molecule has 7 heteroatoms. The molecule has 0 radical (unpaired) electrons. The van der Waals surface area contributed by atoms with Crippen molar-refractivity contribution >= 4 is 23.4 Å². The van der Waals surface area contributed by atoms with Crippen LogP contribution in [-0.4, -0.2) is 45.7 Å². The normalized spacial score (nSPS) is 26.4. The van der Waals surface area contributed by atoms with Crippen LogP contribution in [0.15, 0.2) is 0 Å². The highest BCUT2D eigenvalue weighted by molar-refractivity contribution is 6.63. The lowest BCUT2D eigenvalue weighted by molar-refractivity contribution is -0.143. The predicted octanol–water partition coefficient (Wildman–Crippen LogP) is -1.21. The summed E-state index contributed by atoms with van der Waals surface area (Å²) < 4.78 is 0. The highest BCUT2D eigenvalue weighted by atomic mass is 16.4. The van der Waals surface area contributed by atoms with E-state index in [0.29, 0.717) is 0 Å². The number of carbonyl (C=O) groups excluding carboxylic acids is 2. The van der Waals surface area contributed by atoms with Gasteiger partial charge in [-0.3, -0.25) is 15.0 Å². The molecule has 4 unspecified atom stereocenters. The Bertz CT molecular complexity index is 390. The van der Waals surface area contributed by atoms with E-state index in [2.05, 4.69) is 5.32 Å². The summed E-state index contributed by atoms with van der Waals surface area (Å²) in [6.07, 6.45) is -0.914. The number of aliphatic hydroxyl groups is 1. The van der Waals surface area contributed by atoms with E-state index < -0.39 is 41.4 Å². The maximum atomic E-state index is 11.6. The summed E-state index contributed by atoms with van der Waals surface area (Å²) in [5, 5.41) is 27.4. The largest absolute Gasteiger partial charge is 0.476 e. The van der Waals surface area contributed by atoms with Crippen LogP contribution in [-0.2, 0) is 14.4 Å². The number of carboxylic acids is 1. The Balaban J connectivity index is 2.75. The number of hydrogen-bond donors (Lipinski definition) is 4. The van der Waals surface area contributed by atoms with Crippen LogP contribution in [0.1, 0.15) is 13.8 Å². The minimum Gasteiger partial charge on any atom is -0.476 e. The number of nitrogens with one attached hydrogen (secondary N) is 2. The summed E-state index contributed by atoms with van der Waals surface area (Å²) >= 11 is 0. The maximum absolute atomic E-state index is 11.6. The molecule has 0 bridgehead atoms. The number of Topliss-reactive ketones (excluding diaryl/α,β-unsaturated/α-hetero) is 1. The van der Waals surface area contributed by atoms with Crippen molar-refractivity contribution in [2.24, 2.45) is 11.8 Å². The second-order valence-electron chi connectivity index (χ2n) is 4.13. The second kappa shape index (κ2) is 4.62. The first kappa shape index (κ1) is 13.3. The van der Waals surface area contributed by atoms with Crippen LogP contribution in [0, 0.1) is 17.2 Å². The van der Waals surface area contributed by atoms with Crippen LogP contribution >= 0.6 is 0 Å². The third kappa shape index (κ3) is 2.33. The summed E-state index contributed by atoms with van der Waals surface area (Å²) in [4.78, 5) is 33.2. The van der Waals surface area contributed by atoms with E-state index in [1.807, 2.05) is 0 Å². The summed E-state index contributed by atoms with van der Waals surface area (Å²) in [5.41, 5.74) is -1.01. The number of amides is 1. The van der Waals surface area contributed by atoms with E-state index in [1.165, 1.54) is 13.8 Å². The average molecular weight is 242 g/mol. The van der Waals surface area contributed by atoms with Gasteiger partial charge in [0, 0.05) is 5.92 Å². The Hall–Kier alpha value is -1.76. The van der Waals surface area contributed by atoms with Crippen molar-refractivity contribution < 1.29 is 24.6 Å². The molecule has 4 atom stereocenters. The molecule has 17 heavy (non-hydrogen) atoms. The zero-order chi connectivity index (χ0) is 13.3. The number of carboxylic acid groups (broad SMARTS) is 1. The van der Waals surface area contributed by atoms with Gasteiger partial charge in [-0.05, 0) is 6.92 Å². The second-order valence-corrected chi connectivity index (χ2v) is 4.13. The van der Waals surface area contributed by atoms with Gasteiger partial charge in [0.15, 0.2) is 11.5 Å². The molecule has 94 valence electrons. The van der Waals surface area contributed by atoms with Gasteiger partial charge < -0.3 is 15.5 Å². The van der Waals surface area contributed by atoms with E-state index >= 15 is 0 Å². The van der Waals surface area contributed by atoms with Gasteiger partial charge in [-0.2, -0.15) is 0 Å². The molecule has 0 aliphatic carbocycles. The van der Waals surface area contributed by atoms with Gasteiger partial charge in [0.05, 0.1) is 18.1 Å². The Labute approximate surface area is 97.3 Å². The van der Waals surface area contributed by atoms with E-state index in [0.717, 1.165) is 0 Å². The standard InChI is InChI=1S/C10H14N2O5/c1-3(8(14)6(11)10(16)17)7-5(4(2)13)9(15)12-7/h3-5,7,11,13H,1-2H3,(H,12,15)(H,16,17). The fourth-order valence-corrected chi connectivity index (χ4v) is 1.87. The fraction of sp³-hybridized carbons (Fsp3) is 0.600. The average Bonchev–Trinajstić information content (AvgIpc) is 2.21. The van der Waals surface area contributed by atoms with Gasteiger partial charge >= 0.3 is 5.97 Å². The third-order valence-electron chi connectivity index (χ3n) is 2.93. The van der Waals surface area contributed by atoms with Crippen LogP contribution in [0.4, 0.5) is 0 Å². The molecule has 1 saturated heterocycles. The Morgan fingerprint density at radius 3 is 2.29 bits per heavy atom. The quantitative estimate of drug-likeness (QED) is 0.273. The van der Waals surface area contributed by atoms with E-state index in [4.69, 9.17) is 10.5 Å². The van der Waals surface area contributed by atoms with Gasteiger partial charge in [-0.15, -0.1) is 0 Å². The lowest BCUT2D eigenvalue weighted by Gasteiger charge is -2.41. The van der Waals surface area contributed by atoms with Crippen LogP contribution in [0.2, 0.25) is 0 Å². The van der Waals surface area contributed by atoms with Gasteiger partial charge in [0.1, 0.15) is 0 Å². The molecule has 0 saturated carbocycles. The molecule has 1 aliphatic rings. The third-order valence-corrected chi connectivity index (χ3v) is 2.93. The minimum absolute atomic E-state index is 0.369. The van der Waals surface area contributed by atoms with Crippen LogP contribution in [0.3, 0.4) is 0 Å². The van der Waals surface area contributed by atoms with Gasteiger partial charge in [-0.1, -0.05) is 6.92 Å². The van der Waals surface area contributed by atoms with Gasteiger partial charge in [0.2, 0.25) is 5.91 Å². The summed E-state index contributed by atoms with van der Waals surface area (Å²) in [5.74, 6) is -4.38. The van der Waals surface area contributed by atoms with Gasteiger partial charge in [-0.25, -0.2) is 4.79 Å². The van der Waals surface area contributed by atoms with Gasteiger partial charge in [0.25, 0.3) is 0 Å². The zero-order valence-corrected chi connectivity index (χ0v) is 9.43. The van der Waals surface area contributed by atoms with E-state index in [1.54, 1.807) is 0 Å². The first-order chi connectivity index (χ1) is 7.77. The van der Waals surface area contributed by atoms with Crippen LogP contribution in [0.5, 0.6) is 0 Å². The first-order valence-corrected chi connectivity index (χ1v) is 5.11. The summed E-state index contributed by atoms with van der Waals surface area (Å²) in [7, 11) is 0. The molecule has 1 rings (SSSR count). The van der Waals surface area contributed by atoms with Crippen molar-refractivity contribution in [3.63, 3.8) is 0 Å². The number of β-lactam (4-membered cyclic amide) rings is 1. The first-order valence-electron chi connectivity index (χ1n) is 5.11. The predicted molar refractivity (Wildman–Crippen MR) is 56.6 cm³/mol. The molecule has 4 N–H and O–H groups in total. The van der Waals surface area contributed by atoms with Crippen molar-refractivity contribution in [3.8, 4) is 0 Å². The maximum Gasteiger partial charge on any atom is 0.357 e. The smallest absolute Gasteiger partial charge is 0.357 e. The number of ketones is 1. The molecule has 1 heterocycles. The number of rotatable bonds is 5. The Morgan fingerprint density at radius 2 is 1.94 bits per heavy atom. The topological polar surface area (TPSA) is 128 Å². The molecular weight excluding hydrogens is 228 g/mol. The van der Waals surface area contributed by atoms with Crippen molar-refractivity contribution in [1.29, 1.82) is 5.41 Å². The number of carbonyl (C=O) groups is 3. The number of aliphatic carboxylic acids is 1. The van der Waals surface area contributed by atoms with Crippen molar-refractivity contribution in [2.75, 3.05) is 0 Å². The number of hydrogen-bond acceptors (Lipinski definition) is 5. The molecule has 0 spiro atoms. The molecular formula is C10H14N2O5. The summed E-state index contributed by atoms with van der Waals surface area (Å²) in [6, 6.07) is -0.616. The zero-order valence-electron chi connectivity index (χ0n) is 9.43. The Morgan fingerprint density at radius 1 is 1.41 bits per heavy atom. The highest BCUT2D eigenvalue weighted by Gasteiger charge is 2.47. The van der Waals surface area contributed by atoms with Crippen molar-refractivity contribution in [1.82, 2.24) is 5.32 Å². The van der Waals surface area contributed by atoms with Crippen LogP contribution in [0.25, 0.3) is 0 Å². The number of aliphatic hydroxyl groups excluding tert-OH is 1. The molecule has 0 aromatic carbocycles. The molecule has 1 fully saturated rings. The molecule has 7 nitrogen and oxygen atoms in total. The van der Waals surface area contributed by atoms with E-state index in [9.17, 15) is 19.5 Å². The van der Waals surface area contributed by atoms with Crippen molar-refractivity contribution in [3.05, 3.63) is 0 Å². The highest BCUT2D eigenvalue weighted by Crippen LogP contribution is 2.26. The lowest BCUT2D eigenvalue weighted by Crippen LogP contribution is -2.65. The molecule has 1 amide bonds. The fourth-order valence-electron chi connectivity index (χ4n) is 1.87. The minimum atomic E-state index is -1.60. The van der Waals surface area contributed by atoms with Crippen LogP contribution < -0.4 is 5.32 Å². The molecule has 0 aromatic heterocycles.